The molecule has 1 fully saturated rings. The lowest BCUT2D eigenvalue weighted by Gasteiger charge is -2.26. The third kappa shape index (κ3) is 5.71. The molecule has 2 heterocycles. The van der Waals surface area contributed by atoms with Gasteiger partial charge >= 0.3 is 19.8 Å². The van der Waals surface area contributed by atoms with Crippen LogP contribution in [-0.4, -0.2) is 63.4 Å². The van der Waals surface area contributed by atoms with Crippen LogP contribution in [0.3, 0.4) is 0 Å². The number of aliphatic hydroxyl groups is 2. The zero-order valence-electron chi connectivity index (χ0n) is 18.8. The Morgan fingerprint density at radius 3 is 2.69 bits per heavy atom. The number of methoxy groups -OCH3 is 1. The van der Waals surface area contributed by atoms with Gasteiger partial charge in [0.2, 0.25) is 11.5 Å². The first-order valence-corrected chi connectivity index (χ1v) is 11.3. The molecule has 1 unspecified atom stereocenters. The number of hydrogen-bond acceptors (Lipinski definition) is 12. The summed E-state index contributed by atoms with van der Waals surface area (Å²) in [4.78, 5) is 51.8. The normalized spacial score (nSPS) is 24.5. The maximum Gasteiger partial charge on any atom is 0.395 e. The molecule has 0 amide bonds. The van der Waals surface area contributed by atoms with Crippen molar-refractivity contribution in [3.63, 3.8) is 0 Å². The first-order chi connectivity index (χ1) is 17.1. The largest absolute Gasteiger partial charge is 0.575 e. The van der Waals surface area contributed by atoms with E-state index in [1.165, 1.54) is 31.2 Å². The van der Waals surface area contributed by atoms with Gasteiger partial charge in [0, 0.05) is 17.2 Å². The van der Waals surface area contributed by atoms with E-state index in [4.69, 9.17) is 19.5 Å². The molecule has 3 rings (SSSR count). The molecule has 1 saturated heterocycles. The van der Waals surface area contributed by atoms with Crippen LogP contribution >= 0.6 is 8.17 Å². The molecule has 1 aliphatic heterocycles. The second kappa shape index (κ2) is 11.3. The standard InChI is InChI=1S/C19H21N6O10P/c1-10(17(29)32-2)22-36(31)35-12-6-4-3-5-11(12)33-9-19(23-24-20)15(28)14(27)16(34-19)25-8-7-13(26)21-18(25)30/h3-8,10,14-16,27-28H,9H2,1-2H3,(H,21,26,30)/t10-,14+,15-,16+,19+/m0/s1. The van der Waals surface area contributed by atoms with E-state index in [0.717, 1.165) is 23.9 Å². The molecule has 16 nitrogen and oxygen atoms in total. The zero-order valence-corrected chi connectivity index (χ0v) is 19.7. The second-order valence-corrected chi connectivity index (χ2v) is 8.26. The van der Waals surface area contributed by atoms with E-state index in [9.17, 15) is 29.5 Å². The van der Waals surface area contributed by atoms with Gasteiger partial charge in [-0.3, -0.25) is 18.9 Å². The molecule has 0 bridgehead atoms. The van der Waals surface area contributed by atoms with Gasteiger partial charge in [-0.15, -0.1) is 0 Å². The number of carbonyl (C=O) groups is 1. The molecular weight excluding hydrogens is 503 g/mol. The van der Waals surface area contributed by atoms with Gasteiger partial charge in [-0.1, -0.05) is 22.0 Å². The lowest BCUT2D eigenvalue weighted by Crippen LogP contribution is -2.46. The summed E-state index contributed by atoms with van der Waals surface area (Å²) >= 11 is 0. The molecule has 3 N–H and O–H groups in total. The first kappa shape index (κ1) is 26.8. The van der Waals surface area contributed by atoms with Gasteiger partial charge in [-0.05, 0) is 24.6 Å². The van der Waals surface area contributed by atoms with Crippen molar-refractivity contribution in [3.05, 3.63) is 67.8 Å². The fourth-order valence-corrected chi connectivity index (χ4v) is 3.96. The van der Waals surface area contributed by atoms with Crippen molar-refractivity contribution >= 4 is 14.1 Å². The second-order valence-electron chi connectivity index (χ2n) is 7.37. The Bertz CT molecular complexity index is 1310. The van der Waals surface area contributed by atoms with Gasteiger partial charge in [0.05, 0.1) is 7.11 Å². The topological polar surface area (TPSA) is 233 Å². The highest BCUT2D eigenvalue weighted by atomic mass is 31.1. The average Bonchev–Trinajstić information content (AvgIpc) is 3.08. The molecule has 0 radical (unpaired) electrons. The number of aromatic nitrogens is 2. The lowest BCUT2D eigenvalue weighted by atomic mass is 10.1. The first-order valence-electron chi connectivity index (χ1n) is 10.2. The zero-order chi connectivity index (χ0) is 26.5. The fourth-order valence-electron chi connectivity index (χ4n) is 3.22. The Balaban J connectivity index is 1.84. The van der Waals surface area contributed by atoms with Gasteiger partial charge in [0.25, 0.3) is 5.56 Å². The number of carbonyl (C=O) groups excluding carboxylic acids is 1. The quantitative estimate of drug-likeness (QED) is 0.127. The number of esters is 1. The van der Waals surface area contributed by atoms with Crippen LogP contribution in [0.25, 0.3) is 10.4 Å². The highest BCUT2D eigenvalue weighted by molar-refractivity contribution is 7.34. The minimum absolute atomic E-state index is 0.0377. The Kier molecular flexibility index (Phi) is 8.42. The van der Waals surface area contributed by atoms with Gasteiger partial charge in [-0.2, -0.15) is 0 Å². The molecule has 6 atom stereocenters. The fraction of sp³-hybridized carbons (Fsp3) is 0.421. The Morgan fingerprint density at radius 2 is 2.06 bits per heavy atom. The number of ether oxygens (including phenoxy) is 3. The SMILES string of the molecule is COC(=O)[C@H](C)N=[P+]([O-])Oc1ccccc1OC[C@@]1(N=[N+]=[N-])O[C@@H](n2ccc(=O)[nH]c2=O)[C@H](O)[C@@H]1O. The van der Waals surface area contributed by atoms with E-state index in [2.05, 4.69) is 19.5 Å². The number of hydrogen-bond donors (Lipinski definition) is 3. The van der Waals surface area contributed by atoms with Gasteiger partial charge < -0.3 is 29.3 Å². The van der Waals surface area contributed by atoms with Crippen LogP contribution in [0.2, 0.25) is 0 Å². The maximum absolute atomic E-state index is 12.2. The predicted octanol–water partition coefficient (Wildman–Crippen LogP) is -0.331. The van der Waals surface area contributed by atoms with Gasteiger partial charge in [-0.25, -0.2) is 9.59 Å². The summed E-state index contributed by atoms with van der Waals surface area (Å²) in [5.74, 6) is -0.828. The molecule has 0 aliphatic carbocycles. The monoisotopic (exact) mass is 524 g/mol. The van der Waals surface area contributed by atoms with Gasteiger partial charge in [0.1, 0.15) is 18.8 Å². The summed E-state index contributed by atoms with van der Waals surface area (Å²) in [6, 6.07) is 5.78. The number of benzene rings is 1. The maximum atomic E-state index is 12.2. The van der Waals surface area contributed by atoms with Crippen molar-refractivity contribution in [2.75, 3.05) is 13.7 Å². The van der Waals surface area contributed by atoms with Crippen LogP contribution in [0.4, 0.5) is 0 Å². The summed E-state index contributed by atoms with van der Waals surface area (Å²) in [7, 11) is -1.57. The Morgan fingerprint density at radius 1 is 1.36 bits per heavy atom. The summed E-state index contributed by atoms with van der Waals surface area (Å²) < 4.78 is 25.4. The van der Waals surface area contributed by atoms with Crippen molar-refractivity contribution in [2.45, 2.75) is 37.1 Å². The predicted molar refractivity (Wildman–Crippen MR) is 119 cm³/mol. The molecule has 0 saturated carbocycles. The van der Waals surface area contributed by atoms with Crippen molar-refractivity contribution in [1.29, 1.82) is 0 Å². The van der Waals surface area contributed by atoms with Crippen LogP contribution in [0.5, 0.6) is 11.5 Å². The minimum Gasteiger partial charge on any atom is -0.575 e. The molecule has 1 aliphatic rings. The van der Waals surface area contributed by atoms with Crippen LogP contribution in [-0.2, 0) is 14.3 Å². The number of nitrogens with zero attached hydrogens (tertiary/aromatic N) is 5. The average molecular weight is 524 g/mol. The third-order valence-electron chi connectivity index (χ3n) is 5.01. The van der Waals surface area contributed by atoms with Crippen molar-refractivity contribution in [2.24, 2.45) is 9.86 Å². The van der Waals surface area contributed by atoms with E-state index >= 15 is 0 Å². The molecule has 36 heavy (non-hydrogen) atoms. The number of rotatable bonds is 9. The molecule has 1 aromatic heterocycles. The summed E-state index contributed by atoms with van der Waals surface area (Å²) in [5, 5.41) is 24.6. The van der Waals surface area contributed by atoms with Crippen LogP contribution in [0.15, 0.2) is 56.0 Å². The van der Waals surface area contributed by atoms with E-state index in [0.29, 0.717) is 0 Å². The molecule has 192 valence electrons. The highest BCUT2D eigenvalue weighted by Gasteiger charge is 2.56. The van der Waals surface area contributed by atoms with E-state index in [-0.39, 0.29) is 11.5 Å². The van der Waals surface area contributed by atoms with Crippen LogP contribution in [0, 0.1) is 0 Å². The smallest absolute Gasteiger partial charge is 0.395 e. The minimum atomic E-state index is -2.73. The summed E-state index contributed by atoms with van der Waals surface area (Å²) in [5.41, 5.74) is 5.21. The number of aromatic amines is 1. The number of nitrogens with one attached hydrogen (secondary N) is 1. The van der Waals surface area contributed by atoms with Gasteiger partial charge in [0.15, 0.2) is 18.0 Å². The molecular formula is C19H21N6O10P. The number of para-hydroxylation sites is 2. The number of azide groups is 1. The molecule has 1 aromatic carbocycles. The highest BCUT2D eigenvalue weighted by Crippen LogP contribution is 2.40. The van der Waals surface area contributed by atoms with Crippen LogP contribution in [0.1, 0.15) is 13.2 Å². The van der Waals surface area contributed by atoms with Crippen molar-refractivity contribution in [1.82, 2.24) is 9.55 Å². The lowest BCUT2D eigenvalue weighted by molar-refractivity contribution is -0.169. The van der Waals surface area contributed by atoms with E-state index in [1.807, 2.05) is 4.98 Å². The molecule has 0 spiro atoms. The molecule has 17 heteroatoms. The number of aliphatic hydroxyl groups excluding tert-OH is 2. The van der Waals surface area contributed by atoms with Crippen molar-refractivity contribution in [3.8, 4) is 11.5 Å². The third-order valence-corrected chi connectivity index (χ3v) is 5.90. The molecule has 2 aromatic rings. The van der Waals surface area contributed by atoms with E-state index in [1.54, 1.807) is 0 Å². The summed E-state index contributed by atoms with van der Waals surface area (Å²) in [6.45, 7) is 0.680. The van der Waals surface area contributed by atoms with Crippen LogP contribution < -0.4 is 25.4 Å². The van der Waals surface area contributed by atoms with E-state index < -0.39 is 62.2 Å². The number of H-pyrrole nitrogens is 1. The Labute approximate surface area is 202 Å². The van der Waals surface area contributed by atoms with Crippen molar-refractivity contribution < 1.29 is 38.6 Å². The Hall–Kier alpha value is -3.78. The summed E-state index contributed by atoms with van der Waals surface area (Å²) in [6.07, 6.45) is -4.13.